The second-order valence-electron chi connectivity index (χ2n) is 6.07. The van der Waals surface area contributed by atoms with E-state index in [1.807, 2.05) is 19.1 Å². The zero-order valence-corrected chi connectivity index (χ0v) is 12.6. The Morgan fingerprint density at radius 3 is 2.40 bits per heavy atom. The molecule has 2 nitrogen and oxygen atoms in total. The number of rotatable bonds is 2. The molecular formula is C17H20FNO. The highest BCUT2D eigenvalue weighted by Crippen LogP contribution is 2.31. The molecule has 0 aliphatic heterocycles. The molecule has 0 N–H and O–H groups in total. The molecule has 1 aromatic carbocycles. The topological polar surface area (TPSA) is 22.1 Å². The monoisotopic (exact) mass is 273 g/mol. The first-order valence-electron chi connectivity index (χ1n) is 6.68. The predicted octanol–water partition coefficient (Wildman–Crippen LogP) is 4.93. The van der Waals surface area contributed by atoms with Crippen LogP contribution in [0.1, 0.15) is 37.6 Å². The largest absolute Gasteiger partial charge is 0.455 e. The van der Waals surface area contributed by atoms with Crippen molar-refractivity contribution in [2.75, 3.05) is 0 Å². The molecule has 20 heavy (non-hydrogen) atoms. The lowest BCUT2D eigenvalue weighted by molar-refractivity contribution is 0.465. The predicted molar refractivity (Wildman–Crippen MR) is 78.9 cm³/mol. The van der Waals surface area contributed by atoms with Crippen molar-refractivity contribution in [1.29, 1.82) is 0 Å². The average molecular weight is 273 g/mol. The molecule has 0 atom stereocenters. The molecule has 0 aliphatic rings. The van der Waals surface area contributed by atoms with Gasteiger partial charge >= 0.3 is 0 Å². The first-order chi connectivity index (χ1) is 9.27. The van der Waals surface area contributed by atoms with Crippen molar-refractivity contribution in [2.45, 2.75) is 40.0 Å². The normalized spacial score (nSPS) is 11.5. The van der Waals surface area contributed by atoms with Gasteiger partial charge in [-0.05, 0) is 36.5 Å². The molecule has 0 amide bonds. The summed E-state index contributed by atoms with van der Waals surface area (Å²) in [5.41, 5.74) is 2.61. The van der Waals surface area contributed by atoms with Gasteiger partial charge in [-0.1, -0.05) is 32.9 Å². The van der Waals surface area contributed by atoms with E-state index in [-0.39, 0.29) is 11.2 Å². The summed E-state index contributed by atoms with van der Waals surface area (Å²) in [7, 11) is 0. The number of pyridine rings is 1. The first kappa shape index (κ1) is 14.5. The molecule has 3 heteroatoms. The highest BCUT2D eigenvalue weighted by Gasteiger charge is 2.15. The summed E-state index contributed by atoms with van der Waals surface area (Å²) in [5.74, 6) is 0.803. The summed E-state index contributed by atoms with van der Waals surface area (Å²) in [6.07, 6.45) is 1.54. The van der Waals surface area contributed by atoms with Gasteiger partial charge in [-0.25, -0.2) is 4.39 Å². The summed E-state index contributed by atoms with van der Waals surface area (Å²) < 4.78 is 19.3. The molecule has 0 saturated carbocycles. The molecule has 0 aliphatic carbocycles. The van der Waals surface area contributed by atoms with Crippen LogP contribution in [-0.4, -0.2) is 4.98 Å². The van der Waals surface area contributed by atoms with Crippen LogP contribution in [0.3, 0.4) is 0 Å². The summed E-state index contributed by atoms with van der Waals surface area (Å²) in [6.45, 7) is 10.0. The van der Waals surface area contributed by atoms with Gasteiger partial charge < -0.3 is 4.74 Å². The summed E-state index contributed by atoms with van der Waals surface area (Å²) in [5, 5.41) is 0. The fraction of sp³-hybridized carbons (Fsp3) is 0.353. The molecule has 0 bridgehead atoms. The standard InChI is InChI=1S/C17H20FNO/c1-11-6-7-13(17(3,4)5)8-16(11)20-14-9-15(18)12(2)19-10-14/h6-10H,1-5H3. The van der Waals surface area contributed by atoms with E-state index in [4.69, 9.17) is 4.74 Å². The number of hydrogen-bond acceptors (Lipinski definition) is 2. The number of ether oxygens (including phenoxy) is 1. The molecular weight excluding hydrogens is 253 g/mol. The number of hydrogen-bond donors (Lipinski definition) is 0. The fourth-order valence-corrected chi connectivity index (χ4v) is 1.85. The smallest absolute Gasteiger partial charge is 0.148 e. The zero-order chi connectivity index (χ0) is 14.9. The number of benzene rings is 1. The third-order valence-corrected chi connectivity index (χ3v) is 3.28. The van der Waals surface area contributed by atoms with Gasteiger partial charge in [-0.15, -0.1) is 0 Å². The van der Waals surface area contributed by atoms with E-state index < -0.39 is 0 Å². The Morgan fingerprint density at radius 2 is 1.80 bits per heavy atom. The SMILES string of the molecule is Cc1ccc(C(C)(C)C)cc1Oc1cnc(C)c(F)c1. The van der Waals surface area contributed by atoms with Crippen LogP contribution < -0.4 is 4.74 Å². The minimum atomic E-state index is -0.355. The first-order valence-corrected chi connectivity index (χ1v) is 6.68. The van der Waals surface area contributed by atoms with Gasteiger partial charge in [-0.2, -0.15) is 0 Å². The van der Waals surface area contributed by atoms with E-state index >= 15 is 0 Å². The van der Waals surface area contributed by atoms with Gasteiger partial charge in [0.15, 0.2) is 0 Å². The van der Waals surface area contributed by atoms with E-state index in [1.54, 1.807) is 13.1 Å². The third-order valence-electron chi connectivity index (χ3n) is 3.28. The Hall–Kier alpha value is -1.90. The number of aromatic nitrogens is 1. The average Bonchev–Trinajstić information content (AvgIpc) is 2.35. The van der Waals surface area contributed by atoms with Gasteiger partial charge in [0.1, 0.15) is 17.3 Å². The van der Waals surface area contributed by atoms with Crippen molar-refractivity contribution in [2.24, 2.45) is 0 Å². The van der Waals surface area contributed by atoms with Crippen molar-refractivity contribution in [3.8, 4) is 11.5 Å². The van der Waals surface area contributed by atoms with Gasteiger partial charge in [0.25, 0.3) is 0 Å². The second kappa shape index (κ2) is 5.23. The van der Waals surface area contributed by atoms with E-state index in [2.05, 4.69) is 31.8 Å². The maximum absolute atomic E-state index is 13.5. The fourth-order valence-electron chi connectivity index (χ4n) is 1.85. The molecule has 106 valence electrons. The number of nitrogens with zero attached hydrogens (tertiary/aromatic N) is 1. The second-order valence-corrected chi connectivity index (χ2v) is 6.07. The lowest BCUT2D eigenvalue weighted by Crippen LogP contribution is -2.11. The highest BCUT2D eigenvalue weighted by molar-refractivity contribution is 5.41. The molecule has 1 heterocycles. The molecule has 2 rings (SSSR count). The Bertz CT molecular complexity index is 629. The minimum absolute atomic E-state index is 0.0442. The third kappa shape index (κ3) is 3.16. The summed E-state index contributed by atoms with van der Waals surface area (Å²) in [4.78, 5) is 3.98. The number of halogens is 1. The number of aryl methyl sites for hydroxylation is 2. The molecule has 0 saturated heterocycles. The van der Waals surface area contributed by atoms with Gasteiger partial charge in [0.2, 0.25) is 0 Å². The van der Waals surface area contributed by atoms with E-state index in [9.17, 15) is 4.39 Å². The Labute approximate surface area is 119 Å². The molecule has 0 unspecified atom stereocenters. The van der Waals surface area contributed by atoms with Crippen LogP contribution in [0.15, 0.2) is 30.5 Å². The van der Waals surface area contributed by atoms with E-state index in [1.165, 1.54) is 11.6 Å². The van der Waals surface area contributed by atoms with Crippen molar-refractivity contribution in [1.82, 2.24) is 4.98 Å². The van der Waals surface area contributed by atoms with Crippen LogP contribution in [0.25, 0.3) is 0 Å². The van der Waals surface area contributed by atoms with Crippen LogP contribution in [0.4, 0.5) is 4.39 Å². The molecule has 2 aromatic rings. The van der Waals surface area contributed by atoms with E-state index in [0.29, 0.717) is 11.4 Å². The lowest BCUT2D eigenvalue weighted by Gasteiger charge is -2.20. The maximum Gasteiger partial charge on any atom is 0.148 e. The van der Waals surface area contributed by atoms with Crippen LogP contribution >= 0.6 is 0 Å². The highest BCUT2D eigenvalue weighted by atomic mass is 19.1. The van der Waals surface area contributed by atoms with Crippen LogP contribution in [-0.2, 0) is 5.41 Å². The van der Waals surface area contributed by atoms with Crippen LogP contribution in [0.2, 0.25) is 0 Å². The molecule has 0 spiro atoms. The van der Waals surface area contributed by atoms with Gasteiger partial charge in [0, 0.05) is 6.07 Å². The van der Waals surface area contributed by atoms with Crippen molar-refractivity contribution in [3.05, 3.63) is 53.1 Å². The van der Waals surface area contributed by atoms with Crippen molar-refractivity contribution < 1.29 is 9.13 Å². The summed E-state index contributed by atoms with van der Waals surface area (Å²) in [6, 6.07) is 7.49. The van der Waals surface area contributed by atoms with Crippen LogP contribution in [0.5, 0.6) is 11.5 Å². The molecule has 1 aromatic heterocycles. The van der Waals surface area contributed by atoms with Crippen molar-refractivity contribution in [3.63, 3.8) is 0 Å². The summed E-state index contributed by atoms with van der Waals surface area (Å²) >= 11 is 0. The molecule has 0 radical (unpaired) electrons. The molecule has 0 fully saturated rings. The van der Waals surface area contributed by atoms with Gasteiger partial charge in [0.05, 0.1) is 11.9 Å². The lowest BCUT2D eigenvalue weighted by atomic mass is 9.86. The maximum atomic E-state index is 13.5. The Morgan fingerprint density at radius 1 is 1.10 bits per heavy atom. The Balaban J connectivity index is 2.35. The van der Waals surface area contributed by atoms with E-state index in [0.717, 1.165) is 11.3 Å². The van der Waals surface area contributed by atoms with Crippen molar-refractivity contribution >= 4 is 0 Å². The van der Waals surface area contributed by atoms with Gasteiger partial charge in [-0.3, -0.25) is 4.98 Å². The quantitative estimate of drug-likeness (QED) is 0.774. The zero-order valence-electron chi connectivity index (χ0n) is 12.6. The van der Waals surface area contributed by atoms with Crippen LogP contribution in [0, 0.1) is 19.7 Å². The Kier molecular flexibility index (Phi) is 3.80. The minimum Gasteiger partial charge on any atom is -0.455 e.